The maximum absolute atomic E-state index is 12.4. The largest absolute Gasteiger partial charge is 0.207 e. The summed E-state index contributed by atoms with van der Waals surface area (Å²) in [4.78, 5) is 0. The summed E-state index contributed by atoms with van der Waals surface area (Å²) in [5.74, 6) is -0.203. The average molecular weight is 151 g/mol. The minimum absolute atomic E-state index is 0.203. The van der Waals surface area contributed by atoms with Crippen LogP contribution in [-0.2, 0) is 6.42 Å². The van der Waals surface area contributed by atoms with Crippen molar-refractivity contribution >= 4 is 0 Å². The zero-order chi connectivity index (χ0) is 8.10. The molecule has 0 saturated carbocycles. The lowest BCUT2D eigenvalue weighted by atomic mass is 10.1. The summed E-state index contributed by atoms with van der Waals surface area (Å²) in [6, 6.07) is 7.57. The van der Waals surface area contributed by atoms with Crippen molar-refractivity contribution in [1.82, 2.24) is 0 Å². The Bertz CT molecular complexity index is 201. The van der Waals surface area contributed by atoms with Gasteiger partial charge in [0.2, 0.25) is 0 Å². The molecular weight excluding hydrogens is 139 g/mol. The fourth-order valence-corrected chi connectivity index (χ4v) is 0.961. The van der Waals surface area contributed by atoms with E-state index >= 15 is 0 Å². The molecule has 0 saturated heterocycles. The SMILES string of the molecule is CCCCc1[c]cc(F)cc1. The van der Waals surface area contributed by atoms with Gasteiger partial charge in [-0.1, -0.05) is 19.4 Å². The van der Waals surface area contributed by atoms with Crippen LogP contribution < -0.4 is 0 Å². The van der Waals surface area contributed by atoms with Crippen LogP contribution in [0.2, 0.25) is 0 Å². The van der Waals surface area contributed by atoms with Gasteiger partial charge in [-0.25, -0.2) is 4.39 Å². The molecule has 0 amide bonds. The van der Waals surface area contributed by atoms with Crippen LogP contribution in [0.15, 0.2) is 18.2 Å². The van der Waals surface area contributed by atoms with Crippen LogP contribution in [0, 0.1) is 11.9 Å². The Morgan fingerprint density at radius 3 is 2.82 bits per heavy atom. The van der Waals surface area contributed by atoms with Crippen molar-refractivity contribution in [2.45, 2.75) is 26.2 Å². The molecule has 0 aliphatic carbocycles. The van der Waals surface area contributed by atoms with Crippen LogP contribution in [-0.4, -0.2) is 0 Å². The molecule has 1 rings (SSSR count). The fourth-order valence-electron chi connectivity index (χ4n) is 0.961. The Kier molecular flexibility index (Phi) is 3.09. The molecule has 1 aromatic rings. The highest BCUT2D eigenvalue weighted by molar-refractivity contribution is 5.14. The molecule has 11 heavy (non-hydrogen) atoms. The van der Waals surface area contributed by atoms with E-state index in [1.54, 1.807) is 6.07 Å². The lowest BCUT2D eigenvalue weighted by molar-refractivity contribution is 0.626. The molecular formula is C10H12F. The summed E-state index contributed by atoms with van der Waals surface area (Å²) < 4.78 is 12.4. The van der Waals surface area contributed by atoms with Crippen LogP contribution in [0.4, 0.5) is 4.39 Å². The molecule has 0 nitrogen and oxygen atoms in total. The molecule has 59 valence electrons. The Hall–Kier alpha value is -0.850. The monoisotopic (exact) mass is 151 g/mol. The molecule has 0 atom stereocenters. The van der Waals surface area contributed by atoms with Crippen molar-refractivity contribution < 1.29 is 4.39 Å². The van der Waals surface area contributed by atoms with Gasteiger partial charge in [-0.2, -0.15) is 0 Å². The first-order chi connectivity index (χ1) is 5.33. The predicted octanol–water partition coefficient (Wildman–Crippen LogP) is 2.97. The minimum atomic E-state index is -0.203. The maximum atomic E-state index is 12.4. The van der Waals surface area contributed by atoms with Gasteiger partial charge < -0.3 is 0 Å². The summed E-state index contributed by atoms with van der Waals surface area (Å²) >= 11 is 0. The van der Waals surface area contributed by atoms with E-state index < -0.39 is 0 Å². The topological polar surface area (TPSA) is 0 Å². The van der Waals surface area contributed by atoms with E-state index in [1.165, 1.54) is 18.6 Å². The molecule has 0 fully saturated rings. The van der Waals surface area contributed by atoms with Crippen LogP contribution in [0.1, 0.15) is 25.3 Å². The molecule has 0 bridgehead atoms. The summed E-state index contributed by atoms with van der Waals surface area (Å²) in [6.45, 7) is 2.14. The standard InChI is InChI=1S/C10H12F/c1-2-3-4-9-5-7-10(11)8-6-9/h5,7-8H,2-4H2,1H3. The van der Waals surface area contributed by atoms with Crippen LogP contribution >= 0.6 is 0 Å². The smallest absolute Gasteiger partial charge is 0.123 e. The van der Waals surface area contributed by atoms with E-state index in [9.17, 15) is 4.39 Å². The molecule has 0 unspecified atom stereocenters. The summed E-state index contributed by atoms with van der Waals surface area (Å²) in [5, 5.41) is 0. The van der Waals surface area contributed by atoms with Crippen LogP contribution in [0.3, 0.4) is 0 Å². The molecule has 1 heteroatoms. The highest BCUT2D eigenvalue weighted by atomic mass is 19.1. The summed E-state index contributed by atoms with van der Waals surface area (Å²) in [7, 11) is 0. The van der Waals surface area contributed by atoms with Gasteiger partial charge in [0.05, 0.1) is 0 Å². The number of benzene rings is 1. The summed E-state index contributed by atoms with van der Waals surface area (Å²) in [6.07, 6.45) is 3.34. The Balaban J connectivity index is 2.52. The average Bonchev–Trinajstić information content (AvgIpc) is 2.04. The van der Waals surface area contributed by atoms with Gasteiger partial charge >= 0.3 is 0 Å². The zero-order valence-electron chi connectivity index (χ0n) is 6.73. The van der Waals surface area contributed by atoms with E-state index in [0.29, 0.717) is 0 Å². The first-order valence-electron chi connectivity index (χ1n) is 3.99. The molecule has 0 aromatic heterocycles. The van der Waals surface area contributed by atoms with E-state index in [-0.39, 0.29) is 5.82 Å². The van der Waals surface area contributed by atoms with Gasteiger partial charge in [-0.15, -0.1) is 0 Å². The van der Waals surface area contributed by atoms with Gasteiger partial charge in [0.25, 0.3) is 0 Å². The number of rotatable bonds is 3. The second-order valence-corrected chi connectivity index (χ2v) is 2.64. The van der Waals surface area contributed by atoms with Crippen molar-refractivity contribution in [2.24, 2.45) is 0 Å². The Morgan fingerprint density at radius 2 is 2.27 bits per heavy atom. The second kappa shape index (κ2) is 4.12. The lowest BCUT2D eigenvalue weighted by Gasteiger charge is -1.97. The zero-order valence-corrected chi connectivity index (χ0v) is 6.73. The molecule has 0 heterocycles. The van der Waals surface area contributed by atoms with Gasteiger partial charge in [0.15, 0.2) is 0 Å². The third-order valence-electron chi connectivity index (χ3n) is 1.64. The van der Waals surface area contributed by atoms with E-state index in [4.69, 9.17) is 0 Å². The van der Waals surface area contributed by atoms with Gasteiger partial charge in [-0.05, 0) is 36.6 Å². The van der Waals surface area contributed by atoms with Crippen molar-refractivity contribution in [1.29, 1.82) is 0 Å². The van der Waals surface area contributed by atoms with Gasteiger partial charge in [0.1, 0.15) is 5.82 Å². The highest BCUT2D eigenvalue weighted by Gasteiger charge is 1.92. The van der Waals surface area contributed by atoms with Gasteiger partial charge in [0, 0.05) is 0 Å². The Morgan fingerprint density at radius 1 is 1.45 bits per heavy atom. The fraction of sp³-hybridized carbons (Fsp3) is 0.400. The normalized spacial score (nSPS) is 10.0. The van der Waals surface area contributed by atoms with Crippen LogP contribution in [0.5, 0.6) is 0 Å². The maximum Gasteiger partial charge on any atom is 0.123 e. The number of unbranched alkanes of at least 4 members (excludes halogenated alkanes) is 1. The molecule has 0 aliphatic heterocycles. The number of halogens is 1. The minimum Gasteiger partial charge on any atom is -0.207 e. The third kappa shape index (κ3) is 2.71. The van der Waals surface area contributed by atoms with Crippen molar-refractivity contribution in [3.05, 3.63) is 35.6 Å². The number of hydrogen-bond donors (Lipinski definition) is 0. The molecule has 0 N–H and O–H groups in total. The molecule has 1 radical (unpaired) electrons. The third-order valence-corrected chi connectivity index (χ3v) is 1.64. The number of hydrogen-bond acceptors (Lipinski definition) is 0. The quantitative estimate of drug-likeness (QED) is 0.623. The van der Waals surface area contributed by atoms with Crippen LogP contribution in [0.25, 0.3) is 0 Å². The molecule has 0 aliphatic rings. The Labute approximate surface area is 67.1 Å². The van der Waals surface area contributed by atoms with Crippen molar-refractivity contribution in [3.8, 4) is 0 Å². The predicted molar refractivity (Wildman–Crippen MR) is 43.8 cm³/mol. The highest BCUT2D eigenvalue weighted by Crippen LogP contribution is 2.05. The van der Waals surface area contributed by atoms with Gasteiger partial charge in [-0.3, -0.25) is 0 Å². The first-order valence-corrected chi connectivity index (χ1v) is 3.99. The van der Waals surface area contributed by atoms with E-state index in [1.807, 2.05) is 0 Å². The van der Waals surface area contributed by atoms with E-state index in [2.05, 4.69) is 13.0 Å². The van der Waals surface area contributed by atoms with E-state index in [0.717, 1.165) is 18.4 Å². The summed E-state index contributed by atoms with van der Waals surface area (Å²) in [5.41, 5.74) is 1.10. The number of aryl methyl sites for hydroxylation is 1. The molecule has 0 spiro atoms. The van der Waals surface area contributed by atoms with Crippen molar-refractivity contribution in [2.75, 3.05) is 0 Å². The molecule has 1 aromatic carbocycles. The van der Waals surface area contributed by atoms with Crippen molar-refractivity contribution in [3.63, 3.8) is 0 Å². The first kappa shape index (κ1) is 8.25. The second-order valence-electron chi connectivity index (χ2n) is 2.64. The lowest BCUT2D eigenvalue weighted by Crippen LogP contribution is -1.84.